The first-order valence-corrected chi connectivity index (χ1v) is 9.38. The lowest BCUT2D eigenvalue weighted by Gasteiger charge is -2.15. The van der Waals surface area contributed by atoms with Gasteiger partial charge in [0.1, 0.15) is 5.75 Å². The Labute approximate surface area is 170 Å². The fourth-order valence-electron chi connectivity index (χ4n) is 2.90. The van der Waals surface area contributed by atoms with Gasteiger partial charge in [0.15, 0.2) is 5.96 Å². The van der Waals surface area contributed by atoms with Crippen LogP contribution in [0.2, 0.25) is 5.02 Å². The maximum absolute atomic E-state index is 6.03. The number of nitrogens with zero attached hydrogens (tertiary/aromatic N) is 3. The molecule has 2 aromatic carbocycles. The first-order chi connectivity index (χ1) is 13.7. The predicted octanol–water partition coefficient (Wildman–Crippen LogP) is 3.46. The minimum absolute atomic E-state index is 0.578. The van der Waals surface area contributed by atoms with E-state index in [-0.39, 0.29) is 0 Å². The summed E-state index contributed by atoms with van der Waals surface area (Å²) in [5.41, 5.74) is 3.42. The van der Waals surface area contributed by atoms with Gasteiger partial charge in [-0.05, 0) is 29.3 Å². The molecule has 1 heterocycles. The molecule has 0 saturated heterocycles. The number of aliphatic imine (C=N–C) groups is 1. The number of halogens is 1. The van der Waals surface area contributed by atoms with E-state index in [1.807, 2.05) is 41.2 Å². The number of aromatic nitrogens is 2. The van der Waals surface area contributed by atoms with Crippen molar-refractivity contribution in [1.29, 1.82) is 0 Å². The standard InChI is InChI=1S/C21H24ClN5O/c1-23-21(25-14-17-8-9-19(22)12-20(17)28-2)24-13-16-6-3-4-7-18(16)15-27-11-5-10-26-27/h3-12H,13-15H2,1-2H3,(H2,23,24,25). The van der Waals surface area contributed by atoms with E-state index in [4.69, 9.17) is 16.3 Å². The molecule has 0 amide bonds. The predicted molar refractivity (Wildman–Crippen MR) is 113 cm³/mol. The molecule has 0 atom stereocenters. The highest BCUT2D eigenvalue weighted by Gasteiger charge is 2.07. The van der Waals surface area contributed by atoms with Crippen molar-refractivity contribution in [3.8, 4) is 5.75 Å². The van der Waals surface area contributed by atoms with Gasteiger partial charge in [0.05, 0.1) is 13.7 Å². The number of methoxy groups -OCH3 is 1. The van der Waals surface area contributed by atoms with Crippen molar-refractivity contribution in [2.45, 2.75) is 19.6 Å². The molecule has 6 nitrogen and oxygen atoms in total. The molecule has 28 heavy (non-hydrogen) atoms. The van der Waals surface area contributed by atoms with Crippen LogP contribution in [-0.4, -0.2) is 29.9 Å². The lowest BCUT2D eigenvalue weighted by atomic mass is 10.1. The number of guanidine groups is 1. The molecule has 0 radical (unpaired) electrons. The SMILES string of the molecule is CN=C(NCc1ccccc1Cn1cccn1)NCc1ccc(Cl)cc1OC. The van der Waals surface area contributed by atoms with Crippen LogP contribution in [0.1, 0.15) is 16.7 Å². The van der Waals surface area contributed by atoms with E-state index in [9.17, 15) is 0 Å². The molecule has 3 aromatic rings. The minimum atomic E-state index is 0.578. The molecule has 0 aliphatic rings. The molecular weight excluding hydrogens is 374 g/mol. The summed E-state index contributed by atoms with van der Waals surface area (Å²) >= 11 is 6.03. The third-order valence-electron chi connectivity index (χ3n) is 4.38. The molecule has 0 unspecified atom stereocenters. The molecule has 0 fully saturated rings. The zero-order valence-electron chi connectivity index (χ0n) is 16.0. The van der Waals surface area contributed by atoms with E-state index >= 15 is 0 Å². The number of ether oxygens (including phenoxy) is 1. The highest BCUT2D eigenvalue weighted by molar-refractivity contribution is 6.30. The molecule has 1 aromatic heterocycles. The quantitative estimate of drug-likeness (QED) is 0.473. The van der Waals surface area contributed by atoms with Gasteiger partial charge in [-0.15, -0.1) is 0 Å². The van der Waals surface area contributed by atoms with Crippen molar-refractivity contribution in [3.63, 3.8) is 0 Å². The minimum Gasteiger partial charge on any atom is -0.496 e. The van der Waals surface area contributed by atoms with Gasteiger partial charge in [-0.2, -0.15) is 5.10 Å². The van der Waals surface area contributed by atoms with Crippen molar-refractivity contribution in [3.05, 3.63) is 82.6 Å². The molecule has 146 valence electrons. The summed E-state index contributed by atoms with van der Waals surface area (Å²) in [7, 11) is 3.39. The third kappa shape index (κ3) is 5.27. The van der Waals surface area contributed by atoms with Gasteiger partial charge in [0.2, 0.25) is 0 Å². The van der Waals surface area contributed by atoms with Crippen molar-refractivity contribution in [2.75, 3.05) is 14.2 Å². The summed E-state index contributed by atoms with van der Waals surface area (Å²) in [6.45, 7) is 1.97. The van der Waals surface area contributed by atoms with E-state index < -0.39 is 0 Å². The van der Waals surface area contributed by atoms with Crippen LogP contribution < -0.4 is 15.4 Å². The summed E-state index contributed by atoms with van der Waals surface area (Å²) in [5, 5.41) is 11.6. The van der Waals surface area contributed by atoms with E-state index in [0.717, 1.165) is 17.9 Å². The second-order valence-electron chi connectivity index (χ2n) is 6.21. The van der Waals surface area contributed by atoms with Crippen LogP contribution in [0.5, 0.6) is 5.75 Å². The number of benzene rings is 2. The fourth-order valence-corrected chi connectivity index (χ4v) is 3.06. The molecule has 2 N–H and O–H groups in total. The summed E-state index contributed by atoms with van der Waals surface area (Å²) in [6, 6.07) is 15.8. The van der Waals surface area contributed by atoms with Gasteiger partial charge in [0.25, 0.3) is 0 Å². The van der Waals surface area contributed by atoms with Gasteiger partial charge >= 0.3 is 0 Å². The smallest absolute Gasteiger partial charge is 0.191 e. The molecular formula is C21H24ClN5O. The summed E-state index contributed by atoms with van der Waals surface area (Å²) in [6.07, 6.45) is 3.75. The first-order valence-electron chi connectivity index (χ1n) is 9.00. The van der Waals surface area contributed by atoms with Crippen LogP contribution in [0, 0.1) is 0 Å². The maximum atomic E-state index is 6.03. The Bertz CT molecular complexity index is 924. The lowest BCUT2D eigenvalue weighted by molar-refractivity contribution is 0.409. The Hall–Kier alpha value is -2.99. The van der Waals surface area contributed by atoms with Crippen LogP contribution >= 0.6 is 11.6 Å². The second kappa shape index (κ2) is 9.80. The van der Waals surface area contributed by atoms with Gasteiger partial charge in [-0.1, -0.05) is 41.9 Å². The number of rotatable bonds is 7. The Morgan fingerprint density at radius 2 is 1.82 bits per heavy atom. The van der Waals surface area contributed by atoms with Crippen LogP contribution in [-0.2, 0) is 19.6 Å². The maximum Gasteiger partial charge on any atom is 0.191 e. The average Bonchev–Trinajstić information content (AvgIpc) is 3.23. The summed E-state index contributed by atoms with van der Waals surface area (Å²) < 4.78 is 7.31. The van der Waals surface area contributed by atoms with E-state index in [2.05, 4.69) is 32.9 Å². The van der Waals surface area contributed by atoms with Crippen molar-refractivity contribution in [2.24, 2.45) is 4.99 Å². The first kappa shape index (κ1) is 19.8. The Morgan fingerprint density at radius 1 is 1.07 bits per heavy atom. The summed E-state index contributed by atoms with van der Waals surface area (Å²) in [5.74, 6) is 1.46. The van der Waals surface area contributed by atoms with E-state index in [1.54, 1.807) is 26.4 Å². The monoisotopic (exact) mass is 397 g/mol. The molecule has 0 bridgehead atoms. The average molecular weight is 398 g/mol. The number of hydrogen-bond donors (Lipinski definition) is 2. The van der Waals surface area contributed by atoms with Crippen LogP contribution in [0.15, 0.2) is 65.9 Å². The molecule has 7 heteroatoms. The normalized spacial score (nSPS) is 11.3. The van der Waals surface area contributed by atoms with Gasteiger partial charge < -0.3 is 15.4 Å². The zero-order chi connectivity index (χ0) is 19.8. The molecule has 3 rings (SSSR count). The Morgan fingerprint density at radius 3 is 2.50 bits per heavy atom. The van der Waals surface area contributed by atoms with Gasteiger partial charge in [0, 0.05) is 43.1 Å². The van der Waals surface area contributed by atoms with E-state index in [1.165, 1.54) is 11.1 Å². The highest BCUT2D eigenvalue weighted by atomic mass is 35.5. The number of nitrogens with one attached hydrogen (secondary N) is 2. The van der Waals surface area contributed by atoms with Crippen molar-refractivity contribution in [1.82, 2.24) is 20.4 Å². The Balaban J connectivity index is 1.61. The van der Waals surface area contributed by atoms with Crippen LogP contribution in [0.4, 0.5) is 0 Å². The molecule has 0 aliphatic heterocycles. The van der Waals surface area contributed by atoms with Crippen LogP contribution in [0.3, 0.4) is 0 Å². The van der Waals surface area contributed by atoms with Crippen molar-refractivity contribution >= 4 is 17.6 Å². The number of hydrogen-bond acceptors (Lipinski definition) is 3. The molecule has 0 aliphatic carbocycles. The zero-order valence-corrected chi connectivity index (χ0v) is 16.8. The largest absolute Gasteiger partial charge is 0.496 e. The molecule has 0 saturated carbocycles. The lowest BCUT2D eigenvalue weighted by Crippen LogP contribution is -2.36. The second-order valence-corrected chi connectivity index (χ2v) is 6.64. The van der Waals surface area contributed by atoms with E-state index in [0.29, 0.717) is 24.1 Å². The Kier molecular flexibility index (Phi) is 6.92. The summed E-state index contributed by atoms with van der Waals surface area (Å²) in [4.78, 5) is 4.31. The third-order valence-corrected chi connectivity index (χ3v) is 4.61. The molecule has 0 spiro atoms. The topological polar surface area (TPSA) is 63.5 Å². The fraction of sp³-hybridized carbons (Fsp3) is 0.238. The van der Waals surface area contributed by atoms with Gasteiger partial charge in [-0.25, -0.2) is 0 Å². The van der Waals surface area contributed by atoms with Crippen LogP contribution in [0.25, 0.3) is 0 Å². The van der Waals surface area contributed by atoms with Gasteiger partial charge in [-0.3, -0.25) is 9.67 Å². The highest BCUT2D eigenvalue weighted by Crippen LogP contribution is 2.22. The van der Waals surface area contributed by atoms with Crippen molar-refractivity contribution < 1.29 is 4.74 Å².